The van der Waals surface area contributed by atoms with Crippen molar-refractivity contribution in [3.8, 4) is 0 Å². The van der Waals surface area contributed by atoms with Gasteiger partial charge in [-0.1, -0.05) is 22.0 Å². The molecule has 0 unspecified atom stereocenters. The molecule has 1 aromatic heterocycles. The largest absolute Gasteiger partial charge is 0.436 e. The number of rotatable bonds is 4. The Hall–Kier alpha value is -0.780. The van der Waals surface area contributed by atoms with Gasteiger partial charge in [-0.2, -0.15) is 0 Å². The van der Waals surface area contributed by atoms with Gasteiger partial charge in [0, 0.05) is 9.37 Å². The Morgan fingerprint density at radius 1 is 1.39 bits per heavy atom. The van der Waals surface area contributed by atoms with E-state index in [9.17, 15) is 0 Å². The van der Waals surface area contributed by atoms with Gasteiger partial charge in [-0.05, 0) is 56.3 Å². The maximum Gasteiger partial charge on any atom is 0.260 e. The standard InChI is InChI=1S/C13H15BrN2OS/c1-8-9(2)17-13(16-8)18-11-4-3-10(5-6-15)12(14)7-11/h3-4,7H,5-6,15H2,1-2H3. The monoisotopic (exact) mass is 326 g/mol. The minimum absolute atomic E-state index is 0.656. The third-order valence-electron chi connectivity index (χ3n) is 2.65. The van der Waals surface area contributed by atoms with Gasteiger partial charge in [0.1, 0.15) is 5.76 Å². The zero-order chi connectivity index (χ0) is 13.1. The number of aryl methyl sites for hydroxylation is 2. The molecular weight excluding hydrogens is 312 g/mol. The predicted molar refractivity (Wildman–Crippen MR) is 77.0 cm³/mol. The average molecular weight is 327 g/mol. The number of nitrogens with two attached hydrogens (primary N) is 1. The minimum atomic E-state index is 0.656. The van der Waals surface area contributed by atoms with Crippen LogP contribution in [0.15, 0.2) is 37.2 Å². The first-order valence-corrected chi connectivity index (χ1v) is 7.31. The van der Waals surface area contributed by atoms with Crippen molar-refractivity contribution >= 4 is 27.7 Å². The quantitative estimate of drug-likeness (QED) is 0.930. The molecule has 0 saturated heterocycles. The van der Waals surface area contributed by atoms with E-state index in [4.69, 9.17) is 10.2 Å². The Bertz CT molecular complexity index is 534. The Morgan fingerprint density at radius 3 is 2.72 bits per heavy atom. The fourth-order valence-corrected chi connectivity index (χ4v) is 3.13. The molecule has 1 aromatic carbocycles. The van der Waals surface area contributed by atoms with Crippen LogP contribution in [-0.4, -0.2) is 11.5 Å². The second-order valence-electron chi connectivity index (χ2n) is 4.02. The topological polar surface area (TPSA) is 52.0 Å². The van der Waals surface area contributed by atoms with Gasteiger partial charge in [-0.15, -0.1) is 0 Å². The van der Waals surface area contributed by atoms with Crippen molar-refractivity contribution in [2.75, 3.05) is 6.54 Å². The van der Waals surface area contributed by atoms with E-state index < -0.39 is 0 Å². The van der Waals surface area contributed by atoms with Crippen molar-refractivity contribution in [3.63, 3.8) is 0 Å². The lowest BCUT2D eigenvalue weighted by atomic mass is 10.1. The molecule has 18 heavy (non-hydrogen) atoms. The molecule has 0 atom stereocenters. The number of hydrogen-bond acceptors (Lipinski definition) is 4. The molecule has 0 aliphatic rings. The van der Waals surface area contributed by atoms with Gasteiger partial charge in [-0.25, -0.2) is 4.98 Å². The molecule has 0 saturated carbocycles. The summed E-state index contributed by atoms with van der Waals surface area (Å²) in [5.74, 6) is 0.872. The van der Waals surface area contributed by atoms with Crippen molar-refractivity contribution in [2.45, 2.75) is 30.4 Å². The van der Waals surface area contributed by atoms with E-state index in [1.165, 1.54) is 17.3 Å². The van der Waals surface area contributed by atoms with Crippen LogP contribution in [0.5, 0.6) is 0 Å². The summed E-state index contributed by atoms with van der Waals surface area (Å²) in [5.41, 5.74) is 7.72. The summed E-state index contributed by atoms with van der Waals surface area (Å²) in [5, 5.41) is 0.684. The number of aromatic nitrogens is 1. The Balaban J connectivity index is 2.17. The normalized spacial score (nSPS) is 10.9. The fraction of sp³-hybridized carbons (Fsp3) is 0.308. The molecule has 0 aliphatic carbocycles. The summed E-state index contributed by atoms with van der Waals surface area (Å²) in [6, 6.07) is 6.22. The predicted octanol–water partition coefficient (Wildman–Crippen LogP) is 3.71. The molecule has 96 valence electrons. The lowest BCUT2D eigenvalue weighted by Crippen LogP contribution is -2.03. The summed E-state index contributed by atoms with van der Waals surface area (Å²) in [6.07, 6.45) is 0.878. The third kappa shape index (κ3) is 3.16. The highest BCUT2D eigenvalue weighted by atomic mass is 79.9. The zero-order valence-electron chi connectivity index (χ0n) is 10.4. The molecule has 2 aromatic rings. The van der Waals surface area contributed by atoms with Gasteiger partial charge in [0.15, 0.2) is 0 Å². The maximum atomic E-state index is 5.56. The molecule has 0 bridgehead atoms. The van der Waals surface area contributed by atoms with Crippen LogP contribution in [0.2, 0.25) is 0 Å². The second kappa shape index (κ2) is 5.91. The van der Waals surface area contributed by atoms with E-state index in [-0.39, 0.29) is 0 Å². The Morgan fingerprint density at radius 2 is 2.17 bits per heavy atom. The number of halogens is 1. The number of benzene rings is 1. The van der Waals surface area contributed by atoms with Gasteiger partial charge >= 0.3 is 0 Å². The van der Waals surface area contributed by atoms with Crippen molar-refractivity contribution in [1.82, 2.24) is 4.98 Å². The molecule has 2 N–H and O–H groups in total. The van der Waals surface area contributed by atoms with Gasteiger partial charge in [0.05, 0.1) is 5.69 Å². The van der Waals surface area contributed by atoms with Crippen molar-refractivity contribution in [3.05, 3.63) is 39.7 Å². The number of hydrogen-bond donors (Lipinski definition) is 1. The molecule has 5 heteroatoms. The highest BCUT2D eigenvalue weighted by Gasteiger charge is 2.08. The fourth-order valence-electron chi connectivity index (χ4n) is 1.54. The van der Waals surface area contributed by atoms with Crippen molar-refractivity contribution in [1.29, 1.82) is 0 Å². The van der Waals surface area contributed by atoms with Crippen molar-refractivity contribution < 1.29 is 4.42 Å². The molecule has 2 rings (SSSR count). The molecule has 1 heterocycles. The SMILES string of the molecule is Cc1nc(Sc2ccc(CCN)c(Br)c2)oc1C. The Kier molecular flexibility index (Phi) is 4.48. The molecule has 0 amide bonds. The van der Waals surface area contributed by atoms with E-state index in [1.807, 2.05) is 13.8 Å². The molecule has 0 aliphatic heterocycles. The number of nitrogens with zero attached hydrogens (tertiary/aromatic N) is 1. The molecule has 3 nitrogen and oxygen atoms in total. The third-order valence-corrected chi connectivity index (χ3v) is 4.23. The van der Waals surface area contributed by atoms with E-state index in [1.54, 1.807) is 0 Å². The van der Waals surface area contributed by atoms with Gasteiger partial charge in [-0.3, -0.25) is 0 Å². The van der Waals surface area contributed by atoms with Crippen molar-refractivity contribution in [2.24, 2.45) is 5.73 Å². The molecule has 0 radical (unpaired) electrons. The van der Waals surface area contributed by atoms with E-state index >= 15 is 0 Å². The summed E-state index contributed by atoms with van der Waals surface area (Å²) in [4.78, 5) is 5.46. The highest BCUT2D eigenvalue weighted by molar-refractivity contribution is 9.10. The van der Waals surface area contributed by atoms with E-state index in [0.717, 1.165) is 27.2 Å². The summed E-state index contributed by atoms with van der Waals surface area (Å²) >= 11 is 5.09. The van der Waals surface area contributed by atoms with Gasteiger partial charge in [0.2, 0.25) is 0 Å². The van der Waals surface area contributed by atoms with Crippen LogP contribution in [0, 0.1) is 13.8 Å². The maximum absolute atomic E-state index is 5.56. The lowest BCUT2D eigenvalue weighted by molar-refractivity contribution is 0.431. The Labute approximate surface area is 119 Å². The smallest absolute Gasteiger partial charge is 0.260 e. The first-order valence-electron chi connectivity index (χ1n) is 5.70. The zero-order valence-corrected chi connectivity index (χ0v) is 12.8. The van der Waals surface area contributed by atoms with Crippen LogP contribution >= 0.6 is 27.7 Å². The van der Waals surface area contributed by atoms with Crippen LogP contribution in [0.25, 0.3) is 0 Å². The van der Waals surface area contributed by atoms with E-state index in [0.29, 0.717) is 11.8 Å². The molecule has 0 fully saturated rings. The van der Waals surface area contributed by atoms with E-state index in [2.05, 4.69) is 39.1 Å². The first kappa shape index (κ1) is 13.6. The summed E-state index contributed by atoms with van der Waals surface area (Å²) in [7, 11) is 0. The molecular formula is C13H15BrN2OS. The minimum Gasteiger partial charge on any atom is -0.436 e. The highest BCUT2D eigenvalue weighted by Crippen LogP contribution is 2.31. The lowest BCUT2D eigenvalue weighted by Gasteiger charge is -2.04. The van der Waals surface area contributed by atoms with Crippen LogP contribution < -0.4 is 5.73 Å². The van der Waals surface area contributed by atoms with Crippen LogP contribution in [0.3, 0.4) is 0 Å². The van der Waals surface area contributed by atoms with Gasteiger partial charge < -0.3 is 10.2 Å². The van der Waals surface area contributed by atoms with Crippen LogP contribution in [0.4, 0.5) is 0 Å². The van der Waals surface area contributed by atoms with Crippen LogP contribution in [-0.2, 0) is 6.42 Å². The summed E-state index contributed by atoms with van der Waals surface area (Å²) in [6.45, 7) is 4.53. The number of oxazole rings is 1. The average Bonchev–Trinajstić information content (AvgIpc) is 2.62. The van der Waals surface area contributed by atoms with Gasteiger partial charge in [0.25, 0.3) is 5.22 Å². The van der Waals surface area contributed by atoms with Crippen LogP contribution in [0.1, 0.15) is 17.0 Å². The molecule has 0 spiro atoms. The first-order chi connectivity index (χ1) is 8.60. The summed E-state index contributed by atoms with van der Waals surface area (Å²) < 4.78 is 6.63. The second-order valence-corrected chi connectivity index (χ2v) is 5.89.